The number of rotatable bonds is 8. The summed E-state index contributed by atoms with van der Waals surface area (Å²) >= 11 is 0. The zero-order valence-electron chi connectivity index (χ0n) is 20.4. The average molecular weight is 515 g/mol. The third-order valence-corrected chi connectivity index (χ3v) is 8.15. The van der Waals surface area contributed by atoms with Crippen LogP contribution in [-0.4, -0.2) is 35.3 Å². The van der Waals surface area contributed by atoms with Crippen LogP contribution in [0.3, 0.4) is 0 Å². The maximum atomic E-state index is 12.7. The monoisotopic (exact) mass is 514 g/mol. The molecule has 1 amide bonds. The minimum Gasteiger partial charge on any atom is -0.346 e. The molecule has 3 aromatic rings. The van der Waals surface area contributed by atoms with Crippen LogP contribution in [0.4, 0.5) is 5.69 Å². The Morgan fingerprint density at radius 2 is 1.46 bits per heavy atom. The van der Waals surface area contributed by atoms with Crippen LogP contribution >= 0.6 is 0 Å². The second-order valence-electron chi connectivity index (χ2n) is 8.77. The molecule has 0 saturated heterocycles. The van der Waals surface area contributed by atoms with Crippen LogP contribution in [0, 0.1) is 13.8 Å². The Morgan fingerprint density at radius 1 is 0.857 bits per heavy atom. The maximum Gasteiger partial charge on any atom is 0.251 e. The van der Waals surface area contributed by atoms with Gasteiger partial charge in [-0.2, -0.15) is 0 Å². The Bertz CT molecular complexity index is 1430. The molecular weight excluding hydrogens is 484 g/mol. The molecule has 7 nitrogen and oxygen atoms in total. The highest BCUT2D eigenvalue weighted by Crippen LogP contribution is 2.24. The zero-order valence-corrected chi connectivity index (χ0v) is 22.1. The molecule has 35 heavy (non-hydrogen) atoms. The number of sulfonamides is 1. The molecule has 1 N–H and O–H groups in total. The van der Waals surface area contributed by atoms with Crippen molar-refractivity contribution in [2.24, 2.45) is 0 Å². The normalized spacial score (nSPS) is 12.7. The number of aryl methyl sites for hydroxylation is 2. The number of nitrogens with zero attached hydrogens (tertiary/aromatic N) is 1. The SMILES string of the molecule is Cc1ccc(N(Cc2ccc(C(=O)NC(C)c3ccc(S(C)(=O)=O)cc3)cc2)S(C)(=O)=O)cc1C. The lowest BCUT2D eigenvalue weighted by molar-refractivity contribution is 0.0940. The van der Waals surface area contributed by atoms with Gasteiger partial charge >= 0.3 is 0 Å². The first-order valence-electron chi connectivity index (χ1n) is 11.0. The molecule has 3 aromatic carbocycles. The summed E-state index contributed by atoms with van der Waals surface area (Å²) in [4.78, 5) is 12.9. The first kappa shape index (κ1) is 26.4. The fraction of sp³-hybridized carbons (Fsp3) is 0.269. The van der Waals surface area contributed by atoms with Crippen molar-refractivity contribution in [1.82, 2.24) is 5.32 Å². The third-order valence-electron chi connectivity index (χ3n) is 5.88. The Balaban J connectivity index is 1.72. The second kappa shape index (κ2) is 10.2. The van der Waals surface area contributed by atoms with Crippen LogP contribution in [0.1, 0.15) is 45.6 Å². The molecule has 9 heteroatoms. The molecule has 0 aliphatic rings. The minimum atomic E-state index is -3.51. The van der Waals surface area contributed by atoms with Crippen LogP contribution in [0.5, 0.6) is 0 Å². The highest BCUT2D eigenvalue weighted by molar-refractivity contribution is 7.92. The predicted octanol–water partition coefficient (Wildman–Crippen LogP) is 4.16. The van der Waals surface area contributed by atoms with Gasteiger partial charge in [-0.25, -0.2) is 16.8 Å². The molecule has 1 unspecified atom stereocenters. The molecule has 1 atom stereocenters. The summed E-state index contributed by atoms with van der Waals surface area (Å²) < 4.78 is 49.5. The van der Waals surface area contributed by atoms with Gasteiger partial charge in [-0.1, -0.05) is 30.3 Å². The van der Waals surface area contributed by atoms with Crippen molar-refractivity contribution in [3.63, 3.8) is 0 Å². The van der Waals surface area contributed by atoms with E-state index < -0.39 is 19.9 Å². The number of carbonyl (C=O) groups excluding carboxylic acids is 1. The lowest BCUT2D eigenvalue weighted by atomic mass is 10.1. The fourth-order valence-electron chi connectivity index (χ4n) is 3.58. The van der Waals surface area contributed by atoms with Crippen molar-refractivity contribution in [2.75, 3.05) is 16.8 Å². The number of hydrogen-bond donors (Lipinski definition) is 1. The Morgan fingerprint density at radius 3 is 1.97 bits per heavy atom. The van der Waals surface area contributed by atoms with E-state index in [0.717, 1.165) is 28.5 Å². The molecule has 0 radical (unpaired) electrons. The average Bonchev–Trinajstić information content (AvgIpc) is 2.78. The standard InChI is InChI=1S/C26H30N2O5S2/c1-18-6-13-24(16-19(18)2)28(35(5,32)33)17-21-7-9-23(10-8-21)26(29)27-20(3)22-11-14-25(15-12-22)34(4,30)31/h6-16,20H,17H2,1-5H3,(H,27,29). The first-order valence-corrected chi connectivity index (χ1v) is 14.7. The molecule has 0 heterocycles. The van der Waals surface area contributed by atoms with E-state index in [-0.39, 0.29) is 23.4 Å². The van der Waals surface area contributed by atoms with Gasteiger partial charge in [0.25, 0.3) is 5.91 Å². The van der Waals surface area contributed by atoms with Crippen molar-refractivity contribution in [3.8, 4) is 0 Å². The van der Waals surface area contributed by atoms with E-state index in [0.29, 0.717) is 11.3 Å². The molecule has 0 aliphatic carbocycles. The number of hydrogen-bond acceptors (Lipinski definition) is 5. The van der Waals surface area contributed by atoms with E-state index in [9.17, 15) is 21.6 Å². The molecule has 0 bridgehead atoms. The summed E-state index contributed by atoms with van der Waals surface area (Å²) in [6.45, 7) is 5.87. The summed E-state index contributed by atoms with van der Waals surface area (Å²) in [6.07, 6.45) is 2.32. The predicted molar refractivity (Wildman–Crippen MR) is 139 cm³/mol. The van der Waals surface area contributed by atoms with E-state index in [2.05, 4.69) is 5.32 Å². The van der Waals surface area contributed by atoms with Crippen LogP contribution in [-0.2, 0) is 26.4 Å². The van der Waals surface area contributed by atoms with Crippen molar-refractivity contribution in [3.05, 3.63) is 94.5 Å². The lowest BCUT2D eigenvalue weighted by Crippen LogP contribution is -2.29. The Labute approximate surface area is 207 Å². The van der Waals surface area contributed by atoms with E-state index in [1.807, 2.05) is 32.9 Å². The highest BCUT2D eigenvalue weighted by atomic mass is 32.2. The third kappa shape index (κ3) is 6.70. The molecule has 0 aliphatic heterocycles. The van der Waals surface area contributed by atoms with E-state index in [4.69, 9.17) is 0 Å². The molecule has 0 aromatic heterocycles. The van der Waals surface area contributed by atoms with E-state index >= 15 is 0 Å². The number of nitrogens with one attached hydrogen (secondary N) is 1. The van der Waals surface area contributed by atoms with E-state index in [1.165, 1.54) is 22.7 Å². The summed E-state index contributed by atoms with van der Waals surface area (Å²) in [6, 6.07) is 18.4. The van der Waals surface area contributed by atoms with Gasteiger partial charge < -0.3 is 5.32 Å². The van der Waals surface area contributed by atoms with Crippen LogP contribution in [0.25, 0.3) is 0 Å². The van der Waals surface area contributed by atoms with Crippen molar-refractivity contribution in [1.29, 1.82) is 0 Å². The number of amides is 1. The summed E-state index contributed by atoms with van der Waals surface area (Å²) in [5.74, 6) is -0.287. The van der Waals surface area contributed by atoms with Gasteiger partial charge in [-0.15, -0.1) is 0 Å². The second-order valence-corrected chi connectivity index (χ2v) is 12.7. The van der Waals surface area contributed by atoms with Gasteiger partial charge in [0.2, 0.25) is 10.0 Å². The van der Waals surface area contributed by atoms with Crippen molar-refractivity contribution < 1.29 is 21.6 Å². The fourth-order valence-corrected chi connectivity index (χ4v) is 5.09. The molecule has 0 spiro atoms. The quantitative estimate of drug-likeness (QED) is 0.486. The van der Waals surface area contributed by atoms with Crippen LogP contribution in [0.2, 0.25) is 0 Å². The Hall–Kier alpha value is -3.17. The number of sulfone groups is 1. The van der Waals surface area contributed by atoms with Gasteiger partial charge in [0, 0.05) is 11.8 Å². The smallest absolute Gasteiger partial charge is 0.251 e. The van der Waals surface area contributed by atoms with Gasteiger partial charge in [0.15, 0.2) is 9.84 Å². The number of benzene rings is 3. The summed E-state index contributed by atoms with van der Waals surface area (Å²) in [5, 5.41) is 2.90. The topological polar surface area (TPSA) is 101 Å². The van der Waals surface area contributed by atoms with Crippen molar-refractivity contribution >= 4 is 31.5 Å². The van der Waals surface area contributed by atoms with Crippen molar-refractivity contribution in [2.45, 2.75) is 38.3 Å². The largest absolute Gasteiger partial charge is 0.346 e. The molecule has 3 rings (SSSR count). The molecule has 0 saturated carbocycles. The van der Waals surface area contributed by atoms with Crippen LogP contribution in [0.15, 0.2) is 71.6 Å². The van der Waals surface area contributed by atoms with E-state index in [1.54, 1.807) is 42.5 Å². The number of carbonyl (C=O) groups is 1. The zero-order chi connectivity index (χ0) is 26.0. The molecule has 186 valence electrons. The maximum absolute atomic E-state index is 12.7. The summed E-state index contributed by atoms with van der Waals surface area (Å²) in [5.41, 5.74) is 4.63. The Kier molecular flexibility index (Phi) is 7.71. The molecular formula is C26H30N2O5S2. The summed E-state index contributed by atoms with van der Waals surface area (Å²) in [7, 11) is -6.80. The minimum absolute atomic E-state index is 0.145. The van der Waals surface area contributed by atoms with Gasteiger partial charge in [0.05, 0.1) is 29.4 Å². The lowest BCUT2D eigenvalue weighted by Gasteiger charge is -2.23. The van der Waals surface area contributed by atoms with Gasteiger partial charge in [-0.05, 0) is 79.4 Å². The highest BCUT2D eigenvalue weighted by Gasteiger charge is 2.19. The molecule has 0 fully saturated rings. The first-order chi connectivity index (χ1) is 16.3. The number of anilines is 1. The van der Waals surface area contributed by atoms with Gasteiger partial charge in [0.1, 0.15) is 0 Å². The van der Waals surface area contributed by atoms with Crippen LogP contribution < -0.4 is 9.62 Å². The van der Waals surface area contributed by atoms with Gasteiger partial charge in [-0.3, -0.25) is 9.10 Å².